The summed E-state index contributed by atoms with van der Waals surface area (Å²) >= 11 is 2.97. The van der Waals surface area contributed by atoms with Gasteiger partial charge in [0.25, 0.3) is 6.43 Å². The molecule has 1 aromatic rings. The molecule has 0 atom stereocenters. The zero-order valence-electron chi connectivity index (χ0n) is 7.01. The van der Waals surface area contributed by atoms with Gasteiger partial charge in [0.15, 0.2) is 6.29 Å². The van der Waals surface area contributed by atoms with E-state index in [2.05, 4.69) is 20.9 Å². The molecule has 0 aliphatic carbocycles. The highest BCUT2D eigenvalue weighted by Gasteiger charge is 2.16. The molecule has 0 bridgehead atoms. The van der Waals surface area contributed by atoms with Crippen LogP contribution in [0.15, 0.2) is 10.5 Å². The van der Waals surface area contributed by atoms with Gasteiger partial charge in [-0.1, -0.05) is 0 Å². The number of halogens is 3. The van der Waals surface area contributed by atoms with E-state index in [-0.39, 0.29) is 28.0 Å². The zero-order chi connectivity index (χ0) is 10.7. The summed E-state index contributed by atoms with van der Waals surface area (Å²) in [6.07, 6.45) is -2.16. The van der Waals surface area contributed by atoms with Gasteiger partial charge in [-0.15, -0.1) is 0 Å². The lowest BCUT2D eigenvalue weighted by Crippen LogP contribution is -2.07. The third-order valence-corrected chi connectivity index (χ3v) is 2.29. The summed E-state index contributed by atoms with van der Waals surface area (Å²) in [4.78, 5) is 14.2. The summed E-state index contributed by atoms with van der Waals surface area (Å²) in [6.45, 7) is -0.117. The molecule has 0 aromatic carbocycles. The second-order valence-electron chi connectivity index (χ2n) is 2.51. The normalized spacial score (nSPS) is 10.6. The summed E-state index contributed by atoms with van der Waals surface area (Å²) in [5.41, 5.74) is 5.11. The highest BCUT2D eigenvalue weighted by atomic mass is 79.9. The highest BCUT2D eigenvalue weighted by Crippen LogP contribution is 2.26. The van der Waals surface area contributed by atoms with E-state index in [1.165, 1.54) is 6.07 Å². The number of carbonyl (C=O) groups is 1. The molecule has 6 heteroatoms. The number of aromatic nitrogens is 1. The van der Waals surface area contributed by atoms with Crippen LogP contribution in [-0.4, -0.2) is 11.3 Å². The molecule has 0 aliphatic rings. The number of hydrogen-bond donors (Lipinski definition) is 1. The van der Waals surface area contributed by atoms with Gasteiger partial charge in [0.1, 0.15) is 5.69 Å². The topological polar surface area (TPSA) is 56.0 Å². The molecule has 1 aromatic heterocycles. The smallest absolute Gasteiger partial charge is 0.265 e. The predicted octanol–water partition coefficient (Wildman–Crippen LogP) is 2.05. The van der Waals surface area contributed by atoms with Crippen molar-refractivity contribution in [3.05, 3.63) is 27.5 Å². The molecule has 1 heterocycles. The molecule has 0 saturated carbocycles. The van der Waals surface area contributed by atoms with Gasteiger partial charge < -0.3 is 5.73 Å². The van der Waals surface area contributed by atoms with Crippen molar-refractivity contribution < 1.29 is 13.6 Å². The van der Waals surface area contributed by atoms with Crippen molar-refractivity contribution >= 4 is 22.2 Å². The van der Waals surface area contributed by atoms with Crippen LogP contribution in [0.4, 0.5) is 8.78 Å². The van der Waals surface area contributed by atoms with Crippen LogP contribution in [0.25, 0.3) is 0 Å². The van der Waals surface area contributed by atoms with Gasteiger partial charge in [0, 0.05) is 16.6 Å². The first-order chi connectivity index (χ1) is 6.60. The lowest BCUT2D eigenvalue weighted by Gasteiger charge is -2.07. The molecule has 14 heavy (non-hydrogen) atoms. The van der Waals surface area contributed by atoms with E-state index in [4.69, 9.17) is 5.73 Å². The molecule has 1 rings (SSSR count). The van der Waals surface area contributed by atoms with Gasteiger partial charge in [0.2, 0.25) is 0 Å². The fourth-order valence-electron chi connectivity index (χ4n) is 0.992. The number of aldehydes is 1. The largest absolute Gasteiger partial charge is 0.325 e. The van der Waals surface area contributed by atoms with Crippen molar-refractivity contribution in [1.29, 1.82) is 0 Å². The molecular weight excluding hydrogens is 258 g/mol. The minimum Gasteiger partial charge on any atom is -0.325 e. The minimum atomic E-state index is -2.64. The highest BCUT2D eigenvalue weighted by molar-refractivity contribution is 9.10. The van der Waals surface area contributed by atoms with Crippen LogP contribution in [0.1, 0.15) is 28.2 Å². The Balaban J connectivity index is 3.31. The van der Waals surface area contributed by atoms with Crippen LogP contribution in [0.2, 0.25) is 0 Å². The van der Waals surface area contributed by atoms with E-state index >= 15 is 0 Å². The predicted molar refractivity (Wildman–Crippen MR) is 50.2 cm³/mol. The van der Waals surface area contributed by atoms with E-state index in [0.29, 0.717) is 6.29 Å². The van der Waals surface area contributed by atoms with Gasteiger partial charge in [-0.05, 0) is 22.0 Å². The molecule has 0 amide bonds. The Bertz CT molecular complexity index is 357. The lowest BCUT2D eigenvalue weighted by molar-refractivity contribution is 0.111. The zero-order valence-corrected chi connectivity index (χ0v) is 8.59. The second kappa shape index (κ2) is 4.56. The minimum absolute atomic E-state index is 0.0466. The Hall–Kier alpha value is -0.880. The Morgan fingerprint density at radius 1 is 1.64 bits per heavy atom. The van der Waals surface area contributed by atoms with Gasteiger partial charge in [-0.2, -0.15) is 0 Å². The van der Waals surface area contributed by atoms with Gasteiger partial charge in [-0.25, -0.2) is 13.8 Å². The lowest BCUT2D eigenvalue weighted by atomic mass is 10.2. The molecule has 0 spiro atoms. The van der Waals surface area contributed by atoms with Crippen LogP contribution < -0.4 is 5.73 Å². The first-order valence-electron chi connectivity index (χ1n) is 3.72. The third kappa shape index (κ3) is 2.13. The Kier molecular flexibility index (Phi) is 3.65. The Labute approximate surface area is 87.4 Å². The Morgan fingerprint density at radius 3 is 2.71 bits per heavy atom. The summed E-state index contributed by atoms with van der Waals surface area (Å²) in [5.74, 6) is 0. The maximum atomic E-state index is 12.4. The number of alkyl halides is 2. The molecule has 3 nitrogen and oxygen atoms in total. The SMILES string of the molecule is NCc1nc(C=O)c(Br)cc1C(F)F. The quantitative estimate of drug-likeness (QED) is 0.851. The average molecular weight is 265 g/mol. The van der Waals surface area contributed by atoms with Crippen LogP contribution in [0, 0.1) is 0 Å². The first kappa shape index (κ1) is 11.2. The molecule has 76 valence electrons. The van der Waals surface area contributed by atoms with Crippen molar-refractivity contribution in [3.63, 3.8) is 0 Å². The molecule has 0 unspecified atom stereocenters. The molecule has 0 fully saturated rings. The molecule has 0 radical (unpaired) electrons. The number of nitrogens with zero attached hydrogens (tertiary/aromatic N) is 1. The van der Waals surface area contributed by atoms with Gasteiger partial charge >= 0.3 is 0 Å². The summed E-state index contributed by atoms with van der Waals surface area (Å²) in [5, 5.41) is 0. The number of hydrogen-bond acceptors (Lipinski definition) is 3. The number of carbonyl (C=O) groups excluding carboxylic acids is 1. The summed E-state index contributed by atoms with van der Waals surface area (Å²) in [7, 11) is 0. The molecule has 0 aliphatic heterocycles. The van der Waals surface area contributed by atoms with E-state index in [0.717, 1.165) is 0 Å². The Morgan fingerprint density at radius 2 is 2.29 bits per heavy atom. The maximum absolute atomic E-state index is 12.4. The van der Waals surface area contributed by atoms with E-state index < -0.39 is 6.43 Å². The number of rotatable bonds is 3. The van der Waals surface area contributed by atoms with Gasteiger partial charge in [0.05, 0.1) is 5.69 Å². The van der Waals surface area contributed by atoms with Gasteiger partial charge in [-0.3, -0.25) is 4.79 Å². The monoisotopic (exact) mass is 264 g/mol. The molecule has 2 N–H and O–H groups in total. The van der Waals surface area contributed by atoms with E-state index in [1.54, 1.807) is 0 Å². The average Bonchev–Trinajstić information content (AvgIpc) is 2.17. The fourth-order valence-corrected chi connectivity index (χ4v) is 1.42. The third-order valence-electron chi connectivity index (χ3n) is 1.66. The maximum Gasteiger partial charge on any atom is 0.265 e. The van der Waals surface area contributed by atoms with Crippen molar-refractivity contribution in [2.75, 3.05) is 0 Å². The fraction of sp³-hybridized carbons (Fsp3) is 0.250. The number of pyridine rings is 1. The van der Waals surface area contributed by atoms with E-state index in [9.17, 15) is 13.6 Å². The first-order valence-corrected chi connectivity index (χ1v) is 4.52. The molecular formula is C8H7BrF2N2O. The van der Waals surface area contributed by atoms with Crippen molar-refractivity contribution in [3.8, 4) is 0 Å². The summed E-state index contributed by atoms with van der Waals surface area (Å²) in [6, 6.07) is 1.17. The van der Waals surface area contributed by atoms with Crippen LogP contribution in [-0.2, 0) is 6.54 Å². The summed E-state index contributed by atoms with van der Waals surface area (Å²) < 4.78 is 25.1. The van der Waals surface area contributed by atoms with Crippen molar-refractivity contribution in [2.45, 2.75) is 13.0 Å². The van der Waals surface area contributed by atoms with Crippen molar-refractivity contribution in [2.24, 2.45) is 5.73 Å². The van der Waals surface area contributed by atoms with Crippen LogP contribution in [0.5, 0.6) is 0 Å². The standard InChI is InChI=1S/C8H7BrF2N2O/c9-5-1-4(8(10)11)6(2-12)13-7(5)3-14/h1,3,8H,2,12H2. The van der Waals surface area contributed by atoms with Crippen LogP contribution >= 0.6 is 15.9 Å². The second-order valence-corrected chi connectivity index (χ2v) is 3.37. The molecule has 0 saturated heterocycles. The van der Waals surface area contributed by atoms with Crippen LogP contribution in [0.3, 0.4) is 0 Å². The number of nitrogens with two attached hydrogens (primary N) is 1. The van der Waals surface area contributed by atoms with E-state index in [1.807, 2.05) is 0 Å². The van der Waals surface area contributed by atoms with Crippen molar-refractivity contribution in [1.82, 2.24) is 4.98 Å².